The molecular formula is C21H21F6PS. The van der Waals surface area contributed by atoms with Crippen LogP contribution in [-0.2, 0) is 10.9 Å². The van der Waals surface area contributed by atoms with Crippen LogP contribution < -0.4 is 0 Å². The summed E-state index contributed by atoms with van der Waals surface area (Å²) in [6.45, 7) is 6.64. The molecule has 0 spiro atoms. The van der Waals surface area contributed by atoms with Crippen molar-refractivity contribution in [2.45, 2.75) is 35.5 Å². The Bertz CT molecular complexity index is 880. The average molecular weight is 450 g/mol. The van der Waals surface area contributed by atoms with Gasteiger partial charge in [0.15, 0.2) is 14.7 Å². The van der Waals surface area contributed by atoms with Gasteiger partial charge in [-0.25, -0.2) is 0 Å². The van der Waals surface area contributed by atoms with E-state index in [0.29, 0.717) is 0 Å². The van der Waals surface area contributed by atoms with E-state index in [0.717, 1.165) is 0 Å². The maximum absolute atomic E-state index is 10.7. The summed E-state index contributed by atoms with van der Waals surface area (Å²) in [6, 6.07) is 26.3. The average Bonchev–Trinajstić information content (AvgIpc) is 2.57. The van der Waals surface area contributed by atoms with E-state index in [1.807, 2.05) is 0 Å². The molecule has 158 valence electrons. The van der Waals surface area contributed by atoms with Crippen LogP contribution in [0.2, 0.25) is 0 Å². The van der Waals surface area contributed by atoms with Crippen molar-refractivity contribution in [2.75, 3.05) is 0 Å². The number of hydrogen-bond donors (Lipinski definition) is 0. The van der Waals surface area contributed by atoms with Gasteiger partial charge in [0.25, 0.3) is 0 Å². The van der Waals surface area contributed by atoms with E-state index in [1.54, 1.807) is 0 Å². The van der Waals surface area contributed by atoms with Crippen molar-refractivity contribution in [3.05, 3.63) is 89.5 Å². The summed E-state index contributed by atoms with van der Waals surface area (Å²) in [6.07, 6.45) is 0. The molecule has 0 aliphatic carbocycles. The van der Waals surface area contributed by atoms with Crippen molar-refractivity contribution in [1.82, 2.24) is 0 Å². The topological polar surface area (TPSA) is 0 Å². The molecule has 0 amide bonds. The normalized spacial score (nSPS) is 13.9. The summed E-state index contributed by atoms with van der Waals surface area (Å²) in [7, 11) is -10.7. The fourth-order valence-electron chi connectivity index (χ4n) is 2.71. The summed E-state index contributed by atoms with van der Waals surface area (Å²) in [5, 5.41) is 0. The van der Waals surface area contributed by atoms with Crippen LogP contribution in [0, 0.1) is 20.8 Å². The SMILES string of the molecule is Cc1ccccc1[S+](c1ccccc1C)c1ccccc1C.F[P-](F)(F)(F)(F)F. The Balaban J connectivity index is 0.000000370. The first-order valence-corrected chi connectivity index (χ1v) is 11.9. The first-order chi connectivity index (χ1) is 13.1. The van der Waals surface area contributed by atoms with Crippen molar-refractivity contribution >= 4 is 18.7 Å². The van der Waals surface area contributed by atoms with Gasteiger partial charge in [0.2, 0.25) is 0 Å². The second-order valence-electron chi connectivity index (χ2n) is 6.56. The fraction of sp³-hybridized carbons (Fsp3) is 0.143. The minimum atomic E-state index is -10.7. The van der Waals surface area contributed by atoms with Gasteiger partial charge in [0, 0.05) is 16.7 Å². The second kappa shape index (κ2) is 7.69. The Kier molecular flexibility index (Phi) is 6.18. The zero-order valence-electron chi connectivity index (χ0n) is 16.1. The molecule has 0 heterocycles. The Morgan fingerprint density at radius 1 is 0.483 bits per heavy atom. The second-order valence-corrected chi connectivity index (χ2v) is 10.4. The Labute approximate surface area is 169 Å². The molecule has 0 radical (unpaired) electrons. The van der Waals surface area contributed by atoms with Crippen LogP contribution in [0.5, 0.6) is 0 Å². The van der Waals surface area contributed by atoms with Crippen LogP contribution in [0.15, 0.2) is 87.5 Å². The predicted octanol–water partition coefficient (Wildman–Crippen LogP) is 9.09. The van der Waals surface area contributed by atoms with Gasteiger partial charge in [0.05, 0.1) is 0 Å². The number of hydrogen-bond acceptors (Lipinski definition) is 0. The third-order valence-corrected chi connectivity index (χ3v) is 6.63. The quantitative estimate of drug-likeness (QED) is 0.212. The van der Waals surface area contributed by atoms with Gasteiger partial charge >= 0.3 is 33.0 Å². The molecule has 3 rings (SSSR count). The molecule has 29 heavy (non-hydrogen) atoms. The number of rotatable bonds is 3. The van der Waals surface area contributed by atoms with Crippen molar-refractivity contribution in [3.8, 4) is 0 Å². The number of halogens is 6. The van der Waals surface area contributed by atoms with Gasteiger partial charge in [-0.2, -0.15) is 0 Å². The van der Waals surface area contributed by atoms with Gasteiger partial charge in [0.1, 0.15) is 10.9 Å². The summed E-state index contributed by atoms with van der Waals surface area (Å²) in [4.78, 5) is 4.27. The molecule has 0 nitrogen and oxygen atoms in total. The van der Waals surface area contributed by atoms with Crippen molar-refractivity contribution < 1.29 is 25.2 Å². The van der Waals surface area contributed by atoms with Gasteiger partial charge in [-0.1, -0.05) is 54.6 Å². The molecule has 3 aromatic carbocycles. The van der Waals surface area contributed by atoms with Gasteiger partial charge < -0.3 is 0 Å². The fourth-order valence-corrected chi connectivity index (χ4v) is 5.24. The standard InChI is InChI=1S/C21H21S.F6P/c1-16-10-4-7-13-19(16)22(20-14-8-5-11-17(20)2)21-15-9-6-12-18(21)3;1-7(2,3,4,5)6/h4-15H,1-3H3;/q+1;-1. The van der Waals surface area contributed by atoms with E-state index in [9.17, 15) is 25.2 Å². The molecular weight excluding hydrogens is 429 g/mol. The van der Waals surface area contributed by atoms with Crippen LogP contribution in [0.3, 0.4) is 0 Å². The Morgan fingerprint density at radius 3 is 0.897 bits per heavy atom. The minimum absolute atomic E-state index is 0.0494. The number of aryl methyl sites for hydroxylation is 3. The molecule has 0 saturated heterocycles. The maximum atomic E-state index is 9.87. The Hall–Kier alpha value is -1.98. The number of benzene rings is 3. The van der Waals surface area contributed by atoms with Crippen LogP contribution in [0.4, 0.5) is 25.2 Å². The summed E-state index contributed by atoms with van der Waals surface area (Å²) in [5.41, 5.74) is 4.08. The molecule has 0 aliphatic rings. The van der Waals surface area contributed by atoms with Crippen LogP contribution in [0.25, 0.3) is 0 Å². The van der Waals surface area contributed by atoms with Crippen molar-refractivity contribution in [3.63, 3.8) is 0 Å². The molecule has 3 aromatic rings. The molecule has 0 atom stereocenters. The van der Waals surface area contributed by atoms with E-state index in [4.69, 9.17) is 0 Å². The zero-order valence-corrected chi connectivity index (χ0v) is 17.8. The van der Waals surface area contributed by atoms with E-state index in [2.05, 4.69) is 93.6 Å². The molecule has 8 heteroatoms. The predicted molar refractivity (Wildman–Crippen MR) is 109 cm³/mol. The van der Waals surface area contributed by atoms with E-state index in [1.165, 1.54) is 31.4 Å². The molecule has 0 aliphatic heterocycles. The third-order valence-electron chi connectivity index (χ3n) is 3.94. The third kappa shape index (κ3) is 8.11. The van der Waals surface area contributed by atoms with Crippen molar-refractivity contribution in [1.29, 1.82) is 0 Å². The Morgan fingerprint density at radius 2 is 0.690 bits per heavy atom. The first kappa shape index (κ1) is 23.3. The molecule has 0 aromatic heterocycles. The van der Waals surface area contributed by atoms with Gasteiger partial charge in [-0.05, 0) is 39.0 Å². The summed E-state index contributed by atoms with van der Waals surface area (Å²) >= 11 is 0. The van der Waals surface area contributed by atoms with Crippen LogP contribution in [-0.4, -0.2) is 0 Å². The molecule has 0 unspecified atom stereocenters. The monoisotopic (exact) mass is 450 g/mol. The molecule has 0 N–H and O–H groups in total. The molecule has 0 fully saturated rings. The van der Waals surface area contributed by atoms with E-state index in [-0.39, 0.29) is 10.9 Å². The molecule has 0 bridgehead atoms. The van der Waals surface area contributed by atoms with Crippen LogP contribution >= 0.6 is 7.81 Å². The molecule has 0 saturated carbocycles. The van der Waals surface area contributed by atoms with Gasteiger partial charge in [-0.15, -0.1) is 0 Å². The summed E-state index contributed by atoms with van der Waals surface area (Å²) < 4.78 is 59.2. The van der Waals surface area contributed by atoms with Crippen LogP contribution in [0.1, 0.15) is 16.7 Å². The first-order valence-electron chi connectivity index (χ1n) is 8.61. The van der Waals surface area contributed by atoms with Crippen molar-refractivity contribution in [2.24, 2.45) is 0 Å². The van der Waals surface area contributed by atoms with E-state index < -0.39 is 7.81 Å². The van der Waals surface area contributed by atoms with Gasteiger partial charge in [-0.3, -0.25) is 0 Å². The van der Waals surface area contributed by atoms with E-state index >= 15 is 0 Å². The zero-order chi connectivity index (χ0) is 21.9. The summed E-state index contributed by atoms with van der Waals surface area (Å²) in [5.74, 6) is 0.